The molecule has 1 atom stereocenters. The molecule has 18 heavy (non-hydrogen) atoms. The molecule has 0 spiro atoms. The number of nitrogens with zero attached hydrogens (tertiary/aromatic N) is 1. The van der Waals surface area contributed by atoms with E-state index >= 15 is 0 Å². The van der Waals surface area contributed by atoms with Crippen molar-refractivity contribution in [2.24, 2.45) is 5.84 Å². The molecule has 0 aliphatic carbocycles. The average molecular weight is 269 g/mol. The number of hydrogen-bond donors (Lipinski definition) is 2. The molecule has 1 amide bonds. The lowest BCUT2D eigenvalue weighted by Gasteiger charge is -2.22. The first-order valence-electron chi connectivity index (χ1n) is 5.64. The van der Waals surface area contributed by atoms with Gasteiger partial charge in [-0.05, 0) is 25.0 Å². The Morgan fingerprint density at radius 1 is 1.33 bits per heavy atom. The van der Waals surface area contributed by atoms with Crippen LogP contribution >= 0.6 is 0 Å². The third kappa shape index (κ3) is 2.24. The number of amides is 1. The topological polar surface area (TPSA) is 92.5 Å². The second kappa shape index (κ2) is 5.05. The van der Waals surface area contributed by atoms with Crippen LogP contribution in [-0.2, 0) is 14.8 Å². The van der Waals surface area contributed by atoms with Crippen LogP contribution in [0.4, 0.5) is 0 Å². The van der Waals surface area contributed by atoms with Crippen molar-refractivity contribution in [1.29, 1.82) is 0 Å². The highest BCUT2D eigenvalue weighted by Gasteiger charge is 2.38. The largest absolute Gasteiger partial charge is 0.293 e. The smallest absolute Gasteiger partial charge is 0.252 e. The van der Waals surface area contributed by atoms with E-state index in [1.54, 1.807) is 18.2 Å². The molecule has 3 N–H and O–H groups in total. The molecule has 0 bridgehead atoms. The molecule has 98 valence electrons. The molecule has 1 saturated heterocycles. The summed E-state index contributed by atoms with van der Waals surface area (Å²) in [6.07, 6.45) is 1.15. The summed E-state index contributed by atoms with van der Waals surface area (Å²) in [5, 5.41) is 0. The van der Waals surface area contributed by atoms with E-state index in [4.69, 9.17) is 5.84 Å². The SMILES string of the molecule is NNC(=O)[C@H]1CCCN1S(=O)(=O)c1ccccc1. The van der Waals surface area contributed by atoms with Crippen LogP contribution in [0.15, 0.2) is 35.2 Å². The summed E-state index contributed by atoms with van der Waals surface area (Å²) in [5.41, 5.74) is 2.02. The molecule has 1 aliphatic rings. The number of carbonyl (C=O) groups excluding carboxylic acids is 1. The van der Waals surface area contributed by atoms with Crippen molar-refractivity contribution in [2.45, 2.75) is 23.8 Å². The summed E-state index contributed by atoms with van der Waals surface area (Å²) in [6.45, 7) is 0.343. The minimum Gasteiger partial charge on any atom is -0.293 e. The number of hydrazine groups is 1. The zero-order valence-corrected chi connectivity index (χ0v) is 10.6. The molecule has 2 rings (SSSR count). The van der Waals surface area contributed by atoms with E-state index in [1.807, 2.05) is 5.43 Å². The third-order valence-corrected chi connectivity index (χ3v) is 4.92. The summed E-state index contributed by atoms with van der Waals surface area (Å²) in [4.78, 5) is 11.8. The predicted molar refractivity (Wildman–Crippen MR) is 65.7 cm³/mol. The number of nitrogens with one attached hydrogen (secondary N) is 1. The summed E-state index contributed by atoms with van der Waals surface area (Å²) in [7, 11) is -3.63. The van der Waals surface area contributed by atoms with Gasteiger partial charge in [-0.15, -0.1) is 0 Å². The maximum absolute atomic E-state index is 12.4. The summed E-state index contributed by atoms with van der Waals surface area (Å²) >= 11 is 0. The van der Waals surface area contributed by atoms with Crippen molar-refractivity contribution in [3.63, 3.8) is 0 Å². The number of sulfonamides is 1. The van der Waals surface area contributed by atoms with Crippen LogP contribution in [0.25, 0.3) is 0 Å². The maximum atomic E-state index is 12.4. The van der Waals surface area contributed by atoms with Crippen LogP contribution in [0.1, 0.15) is 12.8 Å². The Bertz CT molecular complexity index is 530. The Hall–Kier alpha value is -1.44. The second-order valence-corrected chi connectivity index (χ2v) is 5.99. The lowest BCUT2D eigenvalue weighted by Crippen LogP contribution is -2.47. The summed E-state index contributed by atoms with van der Waals surface area (Å²) in [6, 6.07) is 7.38. The normalized spacial score (nSPS) is 20.8. The van der Waals surface area contributed by atoms with Crippen molar-refractivity contribution in [1.82, 2.24) is 9.73 Å². The first-order chi connectivity index (χ1) is 8.57. The van der Waals surface area contributed by atoms with Gasteiger partial charge in [0.1, 0.15) is 6.04 Å². The lowest BCUT2D eigenvalue weighted by molar-refractivity contribution is -0.124. The summed E-state index contributed by atoms with van der Waals surface area (Å²) < 4.78 is 26.0. The molecule has 1 fully saturated rings. The average Bonchev–Trinajstić information content (AvgIpc) is 2.89. The van der Waals surface area contributed by atoms with Crippen molar-refractivity contribution in [3.8, 4) is 0 Å². The van der Waals surface area contributed by atoms with Crippen LogP contribution in [0.3, 0.4) is 0 Å². The highest BCUT2D eigenvalue weighted by atomic mass is 32.2. The molecule has 0 radical (unpaired) electrons. The van der Waals surface area contributed by atoms with Gasteiger partial charge in [0.15, 0.2) is 0 Å². The molecule has 7 heteroatoms. The fourth-order valence-corrected chi connectivity index (χ4v) is 3.79. The quantitative estimate of drug-likeness (QED) is 0.452. The van der Waals surface area contributed by atoms with Crippen LogP contribution in [0, 0.1) is 0 Å². The Labute approximate surface area is 106 Å². The minimum absolute atomic E-state index is 0.196. The maximum Gasteiger partial charge on any atom is 0.252 e. The highest BCUT2D eigenvalue weighted by Crippen LogP contribution is 2.25. The monoisotopic (exact) mass is 269 g/mol. The Morgan fingerprint density at radius 2 is 2.00 bits per heavy atom. The van der Waals surface area contributed by atoms with Crippen molar-refractivity contribution in [3.05, 3.63) is 30.3 Å². The van der Waals surface area contributed by atoms with Gasteiger partial charge in [-0.25, -0.2) is 14.3 Å². The molecule has 0 unspecified atom stereocenters. The molecule has 1 aromatic carbocycles. The third-order valence-electron chi connectivity index (χ3n) is 3.00. The molecule has 6 nitrogen and oxygen atoms in total. The van der Waals surface area contributed by atoms with E-state index in [9.17, 15) is 13.2 Å². The van der Waals surface area contributed by atoms with Gasteiger partial charge in [0.25, 0.3) is 5.91 Å². The molecule has 1 aliphatic heterocycles. The number of carbonyl (C=O) groups is 1. The standard InChI is InChI=1S/C11H15N3O3S/c12-13-11(15)10-7-4-8-14(10)18(16,17)9-5-2-1-3-6-9/h1-3,5-6,10H,4,7-8,12H2,(H,13,15)/t10-/m1/s1. The number of nitrogens with two attached hydrogens (primary N) is 1. The first-order valence-corrected chi connectivity index (χ1v) is 7.08. The number of hydrogen-bond acceptors (Lipinski definition) is 4. The molecular formula is C11H15N3O3S. The molecule has 0 saturated carbocycles. The van der Waals surface area contributed by atoms with E-state index in [2.05, 4.69) is 0 Å². The van der Waals surface area contributed by atoms with E-state index in [0.29, 0.717) is 19.4 Å². The summed E-state index contributed by atoms with van der Waals surface area (Å²) in [5.74, 6) is 4.61. The molecule has 1 heterocycles. The van der Waals surface area contributed by atoms with Gasteiger partial charge in [0.05, 0.1) is 4.90 Å². The van der Waals surface area contributed by atoms with E-state index in [0.717, 1.165) is 0 Å². The van der Waals surface area contributed by atoms with Crippen LogP contribution < -0.4 is 11.3 Å². The number of rotatable bonds is 3. The van der Waals surface area contributed by atoms with Gasteiger partial charge >= 0.3 is 0 Å². The highest BCUT2D eigenvalue weighted by molar-refractivity contribution is 7.89. The minimum atomic E-state index is -3.63. The van der Waals surface area contributed by atoms with Gasteiger partial charge in [-0.2, -0.15) is 4.31 Å². The zero-order valence-electron chi connectivity index (χ0n) is 9.74. The van der Waals surface area contributed by atoms with Crippen molar-refractivity contribution >= 4 is 15.9 Å². The fraction of sp³-hybridized carbons (Fsp3) is 0.364. The molecule has 0 aromatic heterocycles. The predicted octanol–water partition coefficient (Wildman–Crippen LogP) is -0.170. The van der Waals surface area contributed by atoms with E-state index in [1.165, 1.54) is 16.4 Å². The second-order valence-electron chi connectivity index (χ2n) is 4.10. The van der Waals surface area contributed by atoms with Crippen molar-refractivity contribution < 1.29 is 13.2 Å². The van der Waals surface area contributed by atoms with Gasteiger partial charge in [0, 0.05) is 6.54 Å². The fourth-order valence-electron chi connectivity index (χ4n) is 2.11. The van der Waals surface area contributed by atoms with Gasteiger partial charge < -0.3 is 0 Å². The lowest BCUT2D eigenvalue weighted by atomic mass is 10.2. The number of benzene rings is 1. The van der Waals surface area contributed by atoms with Gasteiger partial charge in [0.2, 0.25) is 10.0 Å². The molecule has 1 aromatic rings. The Morgan fingerprint density at radius 3 is 2.61 bits per heavy atom. The first kappa shape index (κ1) is 13.0. The van der Waals surface area contributed by atoms with Crippen LogP contribution in [0.5, 0.6) is 0 Å². The van der Waals surface area contributed by atoms with Crippen LogP contribution in [-0.4, -0.2) is 31.2 Å². The van der Waals surface area contributed by atoms with E-state index < -0.39 is 22.0 Å². The van der Waals surface area contributed by atoms with Gasteiger partial charge in [-0.1, -0.05) is 18.2 Å². The zero-order chi connectivity index (χ0) is 13.2. The Kier molecular flexibility index (Phi) is 3.65. The van der Waals surface area contributed by atoms with Crippen LogP contribution in [0.2, 0.25) is 0 Å². The molecular weight excluding hydrogens is 254 g/mol. The van der Waals surface area contributed by atoms with Gasteiger partial charge in [-0.3, -0.25) is 10.2 Å². The van der Waals surface area contributed by atoms with E-state index in [-0.39, 0.29) is 4.90 Å². The Balaban J connectivity index is 2.33. The van der Waals surface area contributed by atoms with Crippen molar-refractivity contribution in [2.75, 3.05) is 6.54 Å².